The first-order valence-electron chi connectivity index (χ1n) is 7.04. The Bertz CT molecular complexity index is 293. The normalized spacial score (nSPS) is 14.7. The second-order valence-corrected chi connectivity index (χ2v) is 6.64. The van der Waals surface area contributed by atoms with E-state index >= 15 is 0 Å². The summed E-state index contributed by atoms with van der Waals surface area (Å²) in [5, 5.41) is 8.88. The third-order valence-electron chi connectivity index (χ3n) is 3.24. The molecule has 0 fully saturated rings. The second kappa shape index (κ2) is 13.2. The summed E-state index contributed by atoms with van der Waals surface area (Å²) in [6, 6.07) is 0. The number of hydrogen-bond acceptors (Lipinski definition) is 4. The van der Waals surface area contributed by atoms with Crippen LogP contribution in [-0.2, 0) is 10.1 Å². The van der Waals surface area contributed by atoms with E-state index in [-0.39, 0.29) is 57.5 Å². The molecule has 0 saturated carbocycles. The van der Waals surface area contributed by atoms with Gasteiger partial charge in [0.1, 0.15) is 0 Å². The molecule has 0 aliphatic heterocycles. The molecule has 0 heterocycles. The van der Waals surface area contributed by atoms with Crippen LogP contribution in [0.4, 0.5) is 0 Å². The van der Waals surface area contributed by atoms with E-state index in [4.69, 9.17) is 0 Å². The Morgan fingerprint density at radius 3 is 1.84 bits per heavy atom. The minimum atomic E-state index is -4.18. The standard InChI is InChI=1S/C13H28O4S.K/c1-3-5-8-12(14)9-7-11-13(10-6-4-2)18(15,16)17;/h12-14H,3-11H2,1-2H3,(H,15,16,17);/q;+1/p-1. The fraction of sp³-hybridized carbons (Fsp3) is 1.00. The van der Waals surface area contributed by atoms with E-state index in [1.165, 1.54) is 0 Å². The predicted molar refractivity (Wildman–Crippen MR) is 72.4 cm³/mol. The van der Waals surface area contributed by atoms with Gasteiger partial charge in [-0.25, -0.2) is 8.42 Å². The molecule has 6 heteroatoms. The van der Waals surface area contributed by atoms with Crippen molar-refractivity contribution >= 4 is 10.1 Å². The Labute approximate surface area is 160 Å². The Kier molecular flexibility index (Phi) is 15.8. The molecule has 0 amide bonds. The zero-order valence-corrected chi connectivity index (χ0v) is 16.5. The maximum absolute atomic E-state index is 11.1. The van der Waals surface area contributed by atoms with Crippen LogP contribution >= 0.6 is 0 Å². The van der Waals surface area contributed by atoms with Gasteiger partial charge in [0.2, 0.25) is 0 Å². The number of unbranched alkanes of at least 4 members (excludes halogenated alkanes) is 2. The van der Waals surface area contributed by atoms with Crippen LogP contribution in [-0.4, -0.2) is 29.4 Å². The van der Waals surface area contributed by atoms with Crippen molar-refractivity contribution in [1.82, 2.24) is 0 Å². The monoisotopic (exact) mass is 318 g/mol. The number of aliphatic hydroxyl groups is 1. The van der Waals surface area contributed by atoms with Gasteiger partial charge in [0.25, 0.3) is 0 Å². The zero-order valence-electron chi connectivity index (χ0n) is 12.6. The van der Waals surface area contributed by atoms with E-state index in [0.717, 1.165) is 32.1 Å². The molecule has 0 radical (unpaired) electrons. The third kappa shape index (κ3) is 12.9. The van der Waals surface area contributed by atoms with Crippen LogP contribution in [0.25, 0.3) is 0 Å². The van der Waals surface area contributed by atoms with Crippen LogP contribution in [0.3, 0.4) is 0 Å². The number of rotatable bonds is 11. The first-order valence-corrected chi connectivity index (χ1v) is 8.51. The van der Waals surface area contributed by atoms with E-state index in [9.17, 15) is 18.1 Å². The molecule has 19 heavy (non-hydrogen) atoms. The molecule has 0 aliphatic rings. The van der Waals surface area contributed by atoms with Gasteiger partial charge in [0.05, 0.1) is 16.2 Å². The second-order valence-electron chi connectivity index (χ2n) is 4.98. The Morgan fingerprint density at radius 2 is 1.37 bits per heavy atom. The third-order valence-corrected chi connectivity index (χ3v) is 4.53. The maximum atomic E-state index is 11.1. The van der Waals surface area contributed by atoms with E-state index in [1.807, 2.05) is 6.92 Å². The Hall–Kier alpha value is 1.51. The van der Waals surface area contributed by atoms with E-state index < -0.39 is 15.4 Å². The van der Waals surface area contributed by atoms with Gasteiger partial charge in [-0.3, -0.25) is 0 Å². The topological polar surface area (TPSA) is 77.4 Å². The molecule has 0 rings (SSSR count). The molecular weight excluding hydrogens is 291 g/mol. The van der Waals surface area contributed by atoms with Gasteiger partial charge in [-0.1, -0.05) is 39.5 Å². The summed E-state index contributed by atoms with van der Waals surface area (Å²) in [6.07, 6.45) is 6.15. The van der Waals surface area contributed by atoms with Crippen molar-refractivity contribution in [3.8, 4) is 0 Å². The molecule has 0 aromatic carbocycles. The van der Waals surface area contributed by atoms with Crippen LogP contribution in [0.15, 0.2) is 0 Å². The maximum Gasteiger partial charge on any atom is 1.00 e. The summed E-state index contributed by atoms with van der Waals surface area (Å²) in [7, 11) is -4.18. The van der Waals surface area contributed by atoms with Gasteiger partial charge in [-0.2, -0.15) is 0 Å². The first-order chi connectivity index (χ1) is 8.41. The van der Waals surface area contributed by atoms with Crippen molar-refractivity contribution in [3.63, 3.8) is 0 Å². The van der Waals surface area contributed by atoms with Crippen LogP contribution in [0.2, 0.25) is 0 Å². The average molecular weight is 319 g/mol. The van der Waals surface area contributed by atoms with Gasteiger partial charge >= 0.3 is 51.4 Å². The molecule has 4 nitrogen and oxygen atoms in total. The number of aliphatic hydroxyl groups excluding tert-OH is 1. The van der Waals surface area contributed by atoms with Crippen molar-refractivity contribution in [1.29, 1.82) is 0 Å². The van der Waals surface area contributed by atoms with Crippen LogP contribution in [0.5, 0.6) is 0 Å². The fourth-order valence-corrected chi connectivity index (χ4v) is 2.94. The van der Waals surface area contributed by atoms with Gasteiger partial charge < -0.3 is 9.66 Å². The molecule has 0 aromatic heterocycles. The van der Waals surface area contributed by atoms with Crippen molar-refractivity contribution in [2.45, 2.75) is 83.0 Å². The molecule has 1 N–H and O–H groups in total. The summed E-state index contributed by atoms with van der Waals surface area (Å²) < 4.78 is 33.2. The van der Waals surface area contributed by atoms with Gasteiger partial charge in [0, 0.05) is 5.25 Å². The van der Waals surface area contributed by atoms with Gasteiger partial charge in [-0.05, 0) is 32.1 Å². The summed E-state index contributed by atoms with van der Waals surface area (Å²) in [4.78, 5) is 0. The van der Waals surface area contributed by atoms with Crippen molar-refractivity contribution in [2.75, 3.05) is 0 Å². The van der Waals surface area contributed by atoms with Crippen molar-refractivity contribution < 1.29 is 69.5 Å². The quantitative estimate of drug-likeness (QED) is 0.423. The molecule has 2 atom stereocenters. The minimum absolute atomic E-state index is 0. The molecule has 0 aliphatic carbocycles. The van der Waals surface area contributed by atoms with E-state index in [0.29, 0.717) is 25.7 Å². The summed E-state index contributed by atoms with van der Waals surface area (Å²) >= 11 is 0. The predicted octanol–water partition coefficient (Wildman–Crippen LogP) is -0.184. The number of hydrogen-bond donors (Lipinski definition) is 1. The molecule has 110 valence electrons. The summed E-state index contributed by atoms with van der Waals surface area (Å²) in [5.74, 6) is 0. The minimum Gasteiger partial charge on any atom is -0.748 e. The Balaban J connectivity index is 0. The van der Waals surface area contributed by atoms with E-state index in [2.05, 4.69) is 6.92 Å². The molecule has 0 spiro atoms. The van der Waals surface area contributed by atoms with Gasteiger partial charge in [0.15, 0.2) is 0 Å². The molecule has 0 aromatic rings. The molecule has 0 bridgehead atoms. The summed E-state index contributed by atoms with van der Waals surface area (Å²) in [5.41, 5.74) is 0. The summed E-state index contributed by atoms with van der Waals surface area (Å²) in [6.45, 7) is 4.04. The van der Waals surface area contributed by atoms with Gasteiger partial charge in [-0.15, -0.1) is 0 Å². The largest absolute Gasteiger partial charge is 1.00 e. The molecular formula is C13H27KO4S. The van der Waals surface area contributed by atoms with Crippen molar-refractivity contribution in [2.24, 2.45) is 0 Å². The smallest absolute Gasteiger partial charge is 0.748 e. The first kappa shape index (κ1) is 22.8. The fourth-order valence-electron chi connectivity index (χ4n) is 2.03. The van der Waals surface area contributed by atoms with Crippen LogP contribution < -0.4 is 51.4 Å². The van der Waals surface area contributed by atoms with Crippen LogP contribution in [0, 0.1) is 0 Å². The van der Waals surface area contributed by atoms with Crippen molar-refractivity contribution in [3.05, 3.63) is 0 Å². The SMILES string of the molecule is CCCCC(O)CCCC(CCCC)S(=O)(=O)[O-].[K+]. The zero-order chi connectivity index (χ0) is 14.0. The van der Waals surface area contributed by atoms with E-state index in [1.54, 1.807) is 0 Å². The van der Waals surface area contributed by atoms with Crippen LogP contribution in [0.1, 0.15) is 71.6 Å². The molecule has 2 unspecified atom stereocenters. The molecule has 0 saturated heterocycles. The Morgan fingerprint density at radius 1 is 0.947 bits per heavy atom. The average Bonchev–Trinajstić information content (AvgIpc) is 2.29.